The van der Waals surface area contributed by atoms with Crippen molar-refractivity contribution in [1.82, 2.24) is 29.7 Å². The van der Waals surface area contributed by atoms with Crippen molar-refractivity contribution in [2.75, 3.05) is 13.1 Å². The molecule has 2 atom stereocenters. The number of alkyl halides is 2. The summed E-state index contributed by atoms with van der Waals surface area (Å²) >= 11 is 0. The molecular weight excluding hydrogens is 634 g/mol. The molecule has 2 aliphatic rings. The van der Waals surface area contributed by atoms with Gasteiger partial charge in [0.1, 0.15) is 17.0 Å². The Labute approximate surface area is 283 Å². The Morgan fingerprint density at radius 2 is 1.61 bits per heavy atom. The molecule has 11 nitrogen and oxygen atoms in total. The van der Waals surface area contributed by atoms with Gasteiger partial charge in [-0.25, -0.2) is 28.3 Å². The van der Waals surface area contributed by atoms with Crippen LogP contribution < -0.4 is 0 Å². The van der Waals surface area contributed by atoms with E-state index in [1.807, 2.05) is 24.3 Å². The first kappa shape index (κ1) is 33.9. The first-order valence-electron chi connectivity index (χ1n) is 16.2. The van der Waals surface area contributed by atoms with Gasteiger partial charge in [-0.15, -0.1) is 0 Å². The van der Waals surface area contributed by atoms with E-state index in [0.29, 0.717) is 41.7 Å². The number of imidazole rings is 2. The van der Waals surface area contributed by atoms with Crippen molar-refractivity contribution in [2.24, 2.45) is 0 Å². The number of nitrogens with one attached hydrogen (secondary N) is 2. The average Bonchev–Trinajstić information content (AvgIpc) is 3.79. The maximum atomic E-state index is 14.5. The summed E-state index contributed by atoms with van der Waals surface area (Å²) in [5, 5.41) is 11.4. The summed E-state index contributed by atoms with van der Waals surface area (Å²) < 4.78 is 39.8. The van der Waals surface area contributed by atoms with Crippen LogP contribution in [0.15, 0.2) is 48.7 Å². The van der Waals surface area contributed by atoms with Crippen LogP contribution in [0.1, 0.15) is 89.6 Å². The number of likely N-dealkylation sites (tertiary alicyclic amines) is 2. The molecule has 2 aromatic heterocycles. The van der Waals surface area contributed by atoms with Crippen molar-refractivity contribution >= 4 is 23.2 Å². The Hall–Kier alpha value is -4.96. The molecule has 2 amide bonds. The molecule has 0 bridgehead atoms. The molecule has 0 aliphatic carbocycles. The third kappa shape index (κ3) is 7.39. The number of aromatic amines is 2. The average molecular weight is 675 g/mol. The van der Waals surface area contributed by atoms with Gasteiger partial charge in [0, 0.05) is 30.5 Å². The SMILES string of the molecule is CC(C)(C)OC(=O)N1CC(F)(F)C[C@H]1c1nc2ccc(C#Cc3ccc(-c4cnc([C@@]5(O)CCCN5C(=O)OC(C)(C)C)[nH]4)cc3)cc2[nH]1. The molecule has 13 heteroatoms. The molecule has 4 aromatic rings. The van der Waals surface area contributed by atoms with E-state index in [1.165, 1.54) is 4.90 Å². The first-order chi connectivity index (χ1) is 22.9. The van der Waals surface area contributed by atoms with Crippen molar-refractivity contribution in [3.05, 3.63) is 71.4 Å². The van der Waals surface area contributed by atoms with E-state index in [1.54, 1.807) is 65.9 Å². The molecule has 2 saturated heterocycles. The van der Waals surface area contributed by atoms with Crippen molar-refractivity contribution in [3.8, 4) is 23.1 Å². The lowest BCUT2D eigenvalue weighted by Gasteiger charge is -2.33. The van der Waals surface area contributed by atoms with Crippen LogP contribution in [0.5, 0.6) is 0 Å². The van der Waals surface area contributed by atoms with Crippen LogP contribution in [0.25, 0.3) is 22.3 Å². The Morgan fingerprint density at radius 1 is 0.959 bits per heavy atom. The Kier molecular flexibility index (Phi) is 8.43. The Morgan fingerprint density at radius 3 is 2.31 bits per heavy atom. The summed E-state index contributed by atoms with van der Waals surface area (Å²) in [6.45, 7) is 10.0. The molecule has 0 spiro atoms. The van der Waals surface area contributed by atoms with E-state index >= 15 is 0 Å². The Bertz CT molecular complexity index is 1950. The lowest BCUT2D eigenvalue weighted by atomic mass is 10.1. The van der Waals surface area contributed by atoms with E-state index < -0.39 is 54.0 Å². The first-order valence-corrected chi connectivity index (χ1v) is 16.2. The number of aromatic nitrogens is 4. The largest absolute Gasteiger partial charge is 0.444 e. The number of rotatable bonds is 3. The number of carbonyl (C=O) groups excluding carboxylic acids is 2. The fourth-order valence-corrected chi connectivity index (χ4v) is 6.00. The van der Waals surface area contributed by atoms with Gasteiger partial charge in [-0.2, -0.15) is 0 Å². The quantitative estimate of drug-likeness (QED) is 0.202. The second kappa shape index (κ2) is 12.2. The molecule has 6 rings (SSSR count). The number of benzene rings is 2. The standard InChI is InChI=1S/C36H40F2N6O5/c1-33(2,3)48-31(45)43-21-35(37,38)19-28(43)29-40-25-15-12-23(18-26(25)41-29)9-8-22-10-13-24(14-11-22)27-20-39-30(42-27)36(47)16-7-17-44(36)32(46)49-34(4,5)6/h10-15,18,20,28,47H,7,16-17,19,21H2,1-6H3,(H,39,42)(H,40,41)/t28-,36-/m0/s1. The molecule has 0 saturated carbocycles. The minimum absolute atomic E-state index is 0.262. The van der Waals surface area contributed by atoms with Gasteiger partial charge in [-0.1, -0.05) is 24.0 Å². The molecule has 4 heterocycles. The number of hydrogen-bond donors (Lipinski definition) is 3. The lowest BCUT2D eigenvalue weighted by molar-refractivity contribution is -0.0945. The number of hydrogen-bond acceptors (Lipinski definition) is 7. The molecule has 2 fully saturated rings. The summed E-state index contributed by atoms with van der Waals surface area (Å²) in [5.41, 5.74) is 0.993. The smallest absolute Gasteiger partial charge is 0.412 e. The zero-order chi connectivity index (χ0) is 35.4. The van der Waals surface area contributed by atoms with Crippen molar-refractivity contribution < 1.29 is 33.0 Å². The van der Waals surface area contributed by atoms with Crippen molar-refractivity contribution in [3.63, 3.8) is 0 Å². The van der Waals surface area contributed by atoms with E-state index in [0.717, 1.165) is 16.0 Å². The van der Waals surface area contributed by atoms with Crippen LogP contribution in [0.3, 0.4) is 0 Å². The predicted octanol–water partition coefficient (Wildman–Crippen LogP) is 6.85. The molecule has 2 aromatic carbocycles. The van der Waals surface area contributed by atoms with Crippen LogP contribution in [-0.4, -0.2) is 77.2 Å². The van der Waals surface area contributed by atoms with Gasteiger partial charge in [-0.05, 0) is 83.9 Å². The normalized spacial score (nSPS) is 20.7. The summed E-state index contributed by atoms with van der Waals surface area (Å²) in [4.78, 5) is 43.1. The predicted molar refractivity (Wildman–Crippen MR) is 177 cm³/mol. The van der Waals surface area contributed by atoms with Crippen LogP contribution in [0, 0.1) is 11.8 Å². The van der Waals surface area contributed by atoms with Gasteiger partial charge in [0.25, 0.3) is 5.92 Å². The zero-order valence-corrected chi connectivity index (χ0v) is 28.4. The highest BCUT2D eigenvalue weighted by Crippen LogP contribution is 2.41. The lowest BCUT2D eigenvalue weighted by Crippen LogP contribution is -2.47. The van der Waals surface area contributed by atoms with Crippen LogP contribution in [0.4, 0.5) is 18.4 Å². The number of fused-ring (bicyclic) bond motifs is 1. The molecular formula is C36H40F2N6O5. The summed E-state index contributed by atoms with van der Waals surface area (Å²) in [7, 11) is 0. The zero-order valence-electron chi connectivity index (χ0n) is 28.4. The number of aliphatic hydroxyl groups is 1. The molecule has 0 radical (unpaired) electrons. The fourth-order valence-electron chi connectivity index (χ4n) is 6.00. The van der Waals surface area contributed by atoms with Crippen LogP contribution >= 0.6 is 0 Å². The highest BCUT2D eigenvalue weighted by Gasteiger charge is 2.50. The molecule has 49 heavy (non-hydrogen) atoms. The summed E-state index contributed by atoms with van der Waals surface area (Å²) in [6.07, 6.45) is 0.605. The minimum atomic E-state index is -3.06. The highest BCUT2D eigenvalue weighted by molar-refractivity contribution is 5.78. The Balaban J connectivity index is 1.16. The number of ether oxygens (including phenoxy) is 2. The highest BCUT2D eigenvalue weighted by atomic mass is 19.3. The van der Waals surface area contributed by atoms with E-state index in [4.69, 9.17) is 9.47 Å². The van der Waals surface area contributed by atoms with Crippen LogP contribution in [-0.2, 0) is 15.2 Å². The number of nitrogens with zero attached hydrogens (tertiary/aromatic N) is 4. The third-order valence-electron chi connectivity index (χ3n) is 8.18. The topological polar surface area (TPSA) is 137 Å². The van der Waals surface area contributed by atoms with Gasteiger partial charge < -0.3 is 24.5 Å². The van der Waals surface area contributed by atoms with Gasteiger partial charge in [0.15, 0.2) is 5.82 Å². The van der Waals surface area contributed by atoms with Gasteiger partial charge in [0.05, 0.1) is 35.5 Å². The maximum Gasteiger partial charge on any atom is 0.412 e. The number of carbonyl (C=O) groups is 2. The van der Waals surface area contributed by atoms with Gasteiger partial charge in [-0.3, -0.25) is 9.80 Å². The van der Waals surface area contributed by atoms with Gasteiger partial charge >= 0.3 is 12.2 Å². The van der Waals surface area contributed by atoms with Crippen molar-refractivity contribution in [2.45, 2.75) is 89.7 Å². The monoisotopic (exact) mass is 674 g/mol. The summed E-state index contributed by atoms with van der Waals surface area (Å²) in [6, 6.07) is 11.9. The van der Waals surface area contributed by atoms with E-state index in [2.05, 4.69) is 31.8 Å². The fraction of sp³-hybridized carbons (Fsp3) is 0.444. The minimum Gasteiger partial charge on any atom is -0.444 e. The van der Waals surface area contributed by atoms with Crippen molar-refractivity contribution in [1.29, 1.82) is 0 Å². The van der Waals surface area contributed by atoms with E-state index in [9.17, 15) is 23.5 Å². The molecule has 2 aliphatic heterocycles. The molecule has 0 unspecified atom stereocenters. The number of halogens is 2. The molecule has 258 valence electrons. The molecule has 3 N–H and O–H groups in total. The maximum absolute atomic E-state index is 14.5. The third-order valence-corrected chi connectivity index (χ3v) is 8.18. The second-order valence-corrected chi connectivity index (χ2v) is 14.6. The number of H-pyrrole nitrogens is 2. The summed E-state index contributed by atoms with van der Waals surface area (Å²) in [5.74, 6) is 3.74. The number of amides is 2. The van der Waals surface area contributed by atoms with Gasteiger partial charge in [0.2, 0.25) is 5.72 Å². The van der Waals surface area contributed by atoms with Crippen LogP contribution in [0.2, 0.25) is 0 Å². The second-order valence-electron chi connectivity index (χ2n) is 14.6. The van der Waals surface area contributed by atoms with E-state index in [-0.39, 0.29) is 11.6 Å².